The lowest BCUT2D eigenvalue weighted by Crippen LogP contribution is -2.48. The quantitative estimate of drug-likeness (QED) is 0.856. The van der Waals surface area contributed by atoms with E-state index in [1.165, 1.54) is 0 Å². The minimum atomic E-state index is 0. The first-order valence-electron chi connectivity index (χ1n) is 8.52. The van der Waals surface area contributed by atoms with Crippen LogP contribution in [0.4, 0.5) is 5.69 Å². The Bertz CT molecular complexity index is 589. The number of nitrogens with one attached hydrogen (secondary N) is 2. The average Bonchev–Trinajstić information content (AvgIpc) is 2.48. The fourth-order valence-electron chi connectivity index (χ4n) is 3.13. The summed E-state index contributed by atoms with van der Waals surface area (Å²) >= 11 is 0. The number of carbonyl (C=O) groups is 2. The molecule has 0 spiro atoms. The second-order valence-corrected chi connectivity index (χ2v) is 6.67. The van der Waals surface area contributed by atoms with Crippen molar-refractivity contribution in [2.45, 2.75) is 32.7 Å². The summed E-state index contributed by atoms with van der Waals surface area (Å²) in [5, 5.41) is 6.21. The van der Waals surface area contributed by atoms with E-state index in [-0.39, 0.29) is 30.1 Å². The van der Waals surface area contributed by atoms with Crippen molar-refractivity contribution >= 4 is 29.9 Å². The Hall–Kier alpha value is -1.59. The third-order valence-electron chi connectivity index (χ3n) is 4.92. The highest BCUT2D eigenvalue weighted by molar-refractivity contribution is 5.92. The molecule has 2 aliphatic rings. The fourth-order valence-corrected chi connectivity index (χ4v) is 3.13. The third-order valence-corrected chi connectivity index (χ3v) is 4.92. The standard InChI is InChI=1S/C18H25N3O2.ClH/c1-13(15-10-19-11-15)18(23)20-16-6-4-5-14(9-16)12-21-8-3-2-7-17(21)22;/h4-6,9,13,15,19H,2-3,7-8,10-12H2,1H3,(H,20,23);1H. The first-order valence-corrected chi connectivity index (χ1v) is 8.52. The first-order chi connectivity index (χ1) is 11.1. The molecular weight excluding hydrogens is 326 g/mol. The van der Waals surface area contributed by atoms with Crippen molar-refractivity contribution in [2.24, 2.45) is 11.8 Å². The van der Waals surface area contributed by atoms with Crippen molar-refractivity contribution in [3.8, 4) is 0 Å². The van der Waals surface area contributed by atoms with Crippen LogP contribution in [0.25, 0.3) is 0 Å². The van der Waals surface area contributed by atoms with E-state index in [0.717, 1.165) is 43.7 Å². The van der Waals surface area contributed by atoms with Gasteiger partial charge in [0, 0.05) is 31.1 Å². The summed E-state index contributed by atoms with van der Waals surface area (Å²) in [6.45, 7) is 5.29. The highest BCUT2D eigenvalue weighted by Gasteiger charge is 2.28. The van der Waals surface area contributed by atoms with E-state index in [0.29, 0.717) is 18.9 Å². The van der Waals surface area contributed by atoms with Gasteiger partial charge in [-0.15, -0.1) is 12.4 Å². The molecule has 24 heavy (non-hydrogen) atoms. The molecule has 0 bridgehead atoms. The van der Waals surface area contributed by atoms with E-state index in [2.05, 4.69) is 10.6 Å². The van der Waals surface area contributed by atoms with Crippen LogP contribution >= 0.6 is 12.4 Å². The van der Waals surface area contributed by atoms with Gasteiger partial charge in [-0.3, -0.25) is 9.59 Å². The molecule has 132 valence electrons. The van der Waals surface area contributed by atoms with Gasteiger partial charge >= 0.3 is 0 Å². The summed E-state index contributed by atoms with van der Waals surface area (Å²) < 4.78 is 0. The van der Waals surface area contributed by atoms with Crippen LogP contribution < -0.4 is 10.6 Å². The van der Waals surface area contributed by atoms with Crippen LogP contribution in [0.1, 0.15) is 31.7 Å². The number of amides is 2. The van der Waals surface area contributed by atoms with Crippen molar-refractivity contribution < 1.29 is 9.59 Å². The Morgan fingerprint density at radius 3 is 2.83 bits per heavy atom. The molecule has 3 rings (SSSR count). The van der Waals surface area contributed by atoms with Gasteiger partial charge in [-0.2, -0.15) is 0 Å². The zero-order chi connectivity index (χ0) is 16.2. The summed E-state index contributed by atoms with van der Waals surface area (Å²) in [7, 11) is 0. The minimum absolute atomic E-state index is 0. The van der Waals surface area contributed by atoms with E-state index in [4.69, 9.17) is 0 Å². The van der Waals surface area contributed by atoms with Gasteiger partial charge in [0.05, 0.1) is 0 Å². The third kappa shape index (κ3) is 4.48. The number of rotatable bonds is 5. The van der Waals surface area contributed by atoms with Crippen LogP contribution in [0.15, 0.2) is 24.3 Å². The van der Waals surface area contributed by atoms with Gasteiger partial charge in [0.1, 0.15) is 0 Å². The molecule has 1 unspecified atom stereocenters. The molecule has 0 aromatic heterocycles. The van der Waals surface area contributed by atoms with Crippen LogP contribution in [0, 0.1) is 11.8 Å². The van der Waals surface area contributed by atoms with Gasteiger partial charge < -0.3 is 15.5 Å². The maximum atomic E-state index is 12.3. The van der Waals surface area contributed by atoms with Gasteiger partial charge in [0.15, 0.2) is 0 Å². The lowest BCUT2D eigenvalue weighted by molar-refractivity contribution is -0.133. The molecule has 2 aliphatic heterocycles. The molecule has 2 heterocycles. The number of nitrogens with zero attached hydrogens (tertiary/aromatic N) is 1. The topological polar surface area (TPSA) is 61.4 Å². The van der Waals surface area contributed by atoms with Crippen molar-refractivity contribution in [3.63, 3.8) is 0 Å². The molecule has 1 aromatic rings. The molecule has 1 aromatic carbocycles. The van der Waals surface area contributed by atoms with Crippen molar-refractivity contribution in [3.05, 3.63) is 29.8 Å². The van der Waals surface area contributed by atoms with Crippen LogP contribution in [0.2, 0.25) is 0 Å². The highest BCUT2D eigenvalue weighted by Crippen LogP contribution is 2.20. The summed E-state index contributed by atoms with van der Waals surface area (Å²) in [4.78, 5) is 26.1. The molecular formula is C18H26ClN3O2. The van der Waals surface area contributed by atoms with Crippen molar-refractivity contribution in [1.82, 2.24) is 10.2 Å². The molecule has 2 saturated heterocycles. The van der Waals surface area contributed by atoms with E-state index in [9.17, 15) is 9.59 Å². The Labute approximate surface area is 149 Å². The van der Waals surface area contributed by atoms with Crippen LogP contribution in [-0.4, -0.2) is 36.3 Å². The molecule has 5 nitrogen and oxygen atoms in total. The molecule has 2 fully saturated rings. The Morgan fingerprint density at radius 2 is 2.17 bits per heavy atom. The molecule has 0 saturated carbocycles. The minimum Gasteiger partial charge on any atom is -0.338 e. The number of anilines is 1. The van der Waals surface area contributed by atoms with Gasteiger partial charge in [-0.05, 0) is 49.5 Å². The van der Waals surface area contributed by atoms with E-state index < -0.39 is 0 Å². The van der Waals surface area contributed by atoms with Gasteiger partial charge in [-0.25, -0.2) is 0 Å². The average molecular weight is 352 g/mol. The number of piperidine rings is 1. The number of carbonyl (C=O) groups excluding carboxylic acids is 2. The summed E-state index contributed by atoms with van der Waals surface area (Å²) in [6, 6.07) is 7.84. The largest absolute Gasteiger partial charge is 0.338 e. The fraction of sp³-hybridized carbons (Fsp3) is 0.556. The maximum absolute atomic E-state index is 12.3. The molecule has 0 radical (unpaired) electrons. The van der Waals surface area contributed by atoms with Crippen LogP contribution in [0.5, 0.6) is 0 Å². The number of benzene rings is 1. The number of hydrogen-bond donors (Lipinski definition) is 2. The Balaban J connectivity index is 0.00000208. The monoisotopic (exact) mass is 351 g/mol. The van der Waals surface area contributed by atoms with Crippen LogP contribution in [0.3, 0.4) is 0 Å². The zero-order valence-corrected chi connectivity index (χ0v) is 14.9. The lowest BCUT2D eigenvalue weighted by Gasteiger charge is -2.31. The number of likely N-dealkylation sites (tertiary alicyclic amines) is 1. The van der Waals surface area contributed by atoms with Gasteiger partial charge in [-0.1, -0.05) is 19.1 Å². The predicted molar refractivity (Wildman–Crippen MR) is 97.1 cm³/mol. The first kappa shape index (κ1) is 18.7. The second-order valence-electron chi connectivity index (χ2n) is 6.67. The molecule has 1 atom stereocenters. The summed E-state index contributed by atoms with van der Waals surface area (Å²) in [5.41, 5.74) is 1.88. The van der Waals surface area contributed by atoms with Crippen molar-refractivity contribution in [2.75, 3.05) is 25.0 Å². The number of halogens is 1. The van der Waals surface area contributed by atoms with Gasteiger partial charge in [0.2, 0.25) is 11.8 Å². The molecule has 2 amide bonds. The van der Waals surface area contributed by atoms with Crippen molar-refractivity contribution in [1.29, 1.82) is 0 Å². The molecule has 2 N–H and O–H groups in total. The highest BCUT2D eigenvalue weighted by atomic mass is 35.5. The maximum Gasteiger partial charge on any atom is 0.227 e. The molecule has 6 heteroatoms. The normalized spacial score (nSPS) is 19.2. The van der Waals surface area contributed by atoms with Crippen LogP contribution in [-0.2, 0) is 16.1 Å². The summed E-state index contributed by atoms with van der Waals surface area (Å²) in [6.07, 6.45) is 2.73. The Kier molecular flexibility index (Phi) is 6.63. The predicted octanol–water partition coefficient (Wildman–Crippen LogP) is 2.41. The SMILES string of the molecule is CC(C(=O)Nc1cccc(CN2CCCCC2=O)c1)C1CNC1.Cl. The van der Waals surface area contributed by atoms with E-state index >= 15 is 0 Å². The lowest BCUT2D eigenvalue weighted by atomic mass is 9.88. The van der Waals surface area contributed by atoms with E-state index in [1.807, 2.05) is 36.1 Å². The number of hydrogen-bond acceptors (Lipinski definition) is 3. The second kappa shape index (κ2) is 8.49. The van der Waals surface area contributed by atoms with Gasteiger partial charge in [0.25, 0.3) is 0 Å². The smallest absolute Gasteiger partial charge is 0.227 e. The molecule has 0 aliphatic carbocycles. The Morgan fingerprint density at radius 1 is 1.38 bits per heavy atom. The van der Waals surface area contributed by atoms with E-state index in [1.54, 1.807) is 0 Å². The summed E-state index contributed by atoms with van der Waals surface area (Å²) in [5.74, 6) is 0.757. The zero-order valence-electron chi connectivity index (χ0n) is 14.1.